The predicted octanol–water partition coefficient (Wildman–Crippen LogP) is 1.86. The van der Waals surface area contributed by atoms with Gasteiger partial charge in [-0.3, -0.25) is 20.0 Å². The van der Waals surface area contributed by atoms with Crippen LogP contribution in [0.1, 0.15) is 25.7 Å². The van der Waals surface area contributed by atoms with Crippen LogP contribution in [0.25, 0.3) is 11.4 Å². The lowest BCUT2D eigenvalue weighted by atomic mass is 10.2. The lowest BCUT2D eigenvalue weighted by molar-refractivity contribution is -0.122. The number of aromatic amines is 1. The summed E-state index contributed by atoms with van der Waals surface area (Å²) in [6, 6.07) is 6.17. The molecule has 1 heterocycles. The number of carbonyl (C=O) groups is 2. The summed E-state index contributed by atoms with van der Waals surface area (Å²) in [5.41, 5.74) is 0.285. The van der Waals surface area contributed by atoms with Crippen molar-refractivity contribution < 1.29 is 14.0 Å². The standard InChI is InChI=1S/C16H18FN5O2/c17-12-5-2-1-4-11(12)14-20-16(22-21-14)19-13(23)6-3-9-18-15(24)10-7-8-10/h1-2,4-5,10H,3,6-9H2,(H,18,24)(H2,19,20,21,22,23). The van der Waals surface area contributed by atoms with Crippen LogP contribution in [-0.4, -0.2) is 33.5 Å². The second kappa shape index (κ2) is 7.20. The van der Waals surface area contributed by atoms with E-state index in [1.807, 2.05) is 0 Å². The number of hydrogen-bond donors (Lipinski definition) is 3. The molecule has 0 atom stereocenters. The molecule has 1 saturated carbocycles. The van der Waals surface area contributed by atoms with Crippen LogP contribution < -0.4 is 10.6 Å². The first kappa shape index (κ1) is 16.1. The fourth-order valence-corrected chi connectivity index (χ4v) is 2.23. The van der Waals surface area contributed by atoms with Crippen LogP contribution in [0.3, 0.4) is 0 Å². The Hall–Kier alpha value is -2.77. The van der Waals surface area contributed by atoms with Gasteiger partial charge in [0.2, 0.25) is 17.8 Å². The molecule has 8 heteroatoms. The van der Waals surface area contributed by atoms with Gasteiger partial charge >= 0.3 is 0 Å². The summed E-state index contributed by atoms with van der Waals surface area (Å²) in [5, 5.41) is 11.8. The maximum atomic E-state index is 13.7. The first-order valence-corrected chi connectivity index (χ1v) is 7.88. The van der Waals surface area contributed by atoms with E-state index in [4.69, 9.17) is 0 Å². The van der Waals surface area contributed by atoms with E-state index >= 15 is 0 Å². The minimum absolute atomic E-state index is 0.0684. The zero-order valence-corrected chi connectivity index (χ0v) is 13.0. The van der Waals surface area contributed by atoms with E-state index < -0.39 is 5.82 Å². The number of rotatable bonds is 7. The molecule has 0 saturated heterocycles. The Morgan fingerprint density at radius 2 is 2.08 bits per heavy atom. The third kappa shape index (κ3) is 4.15. The first-order valence-electron chi connectivity index (χ1n) is 7.88. The highest BCUT2D eigenvalue weighted by atomic mass is 19.1. The molecule has 1 aliphatic carbocycles. The molecule has 1 aliphatic rings. The van der Waals surface area contributed by atoms with Gasteiger partial charge in [0.15, 0.2) is 5.82 Å². The largest absolute Gasteiger partial charge is 0.356 e. The number of nitrogens with one attached hydrogen (secondary N) is 3. The first-order chi connectivity index (χ1) is 11.6. The highest BCUT2D eigenvalue weighted by molar-refractivity contribution is 5.89. The summed E-state index contributed by atoms with van der Waals surface area (Å²) >= 11 is 0. The number of anilines is 1. The van der Waals surface area contributed by atoms with Crippen LogP contribution in [0.2, 0.25) is 0 Å². The van der Waals surface area contributed by atoms with Crippen molar-refractivity contribution in [3.63, 3.8) is 0 Å². The number of nitrogens with zero attached hydrogens (tertiary/aromatic N) is 2. The molecule has 0 bridgehead atoms. The van der Waals surface area contributed by atoms with Crippen LogP contribution in [0.15, 0.2) is 24.3 Å². The van der Waals surface area contributed by atoms with Crippen LogP contribution in [0, 0.1) is 11.7 Å². The summed E-state index contributed by atoms with van der Waals surface area (Å²) < 4.78 is 13.7. The number of H-pyrrole nitrogens is 1. The second-order valence-electron chi connectivity index (χ2n) is 5.70. The quantitative estimate of drug-likeness (QED) is 0.674. The number of halogens is 1. The van der Waals surface area contributed by atoms with Gasteiger partial charge in [-0.2, -0.15) is 4.98 Å². The van der Waals surface area contributed by atoms with Crippen LogP contribution in [0.5, 0.6) is 0 Å². The molecule has 3 rings (SSSR count). The minimum atomic E-state index is -0.419. The molecule has 126 valence electrons. The number of aromatic nitrogens is 3. The number of carbonyl (C=O) groups excluding carboxylic acids is 2. The van der Waals surface area contributed by atoms with E-state index in [9.17, 15) is 14.0 Å². The molecule has 2 amide bonds. The van der Waals surface area contributed by atoms with Gasteiger partial charge < -0.3 is 5.32 Å². The molecule has 2 aromatic rings. The number of benzene rings is 1. The van der Waals surface area contributed by atoms with E-state index in [0.717, 1.165) is 12.8 Å². The molecular weight excluding hydrogens is 313 g/mol. The molecular formula is C16H18FN5O2. The van der Waals surface area contributed by atoms with Crippen LogP contribution >= 0.6 is 0 Å². The van der Waals surface area contributed by atoms with Crippen molar-refractivity contribution in [1.82, 2.24) is 20.5 Å². The lowest BCUT2D eigenvalue weighted by Crippen LogP contribution is -2.26. The summed E-state index contributed by atoms with van der Waals surface area (Å²) in [6.45, 7) is 0.469. The second-order valence-corrected chi connectivity index (χ2v) is 5.70. The van der Waals surface area contributed by atoms with Crippen LogP contribution in [-0.2, 0) is 9.59 Å². The average Bonchev–Trinajstić information content (AvgIpc) is 3.32. The fourth-order valence-electron chi connectivity index (χ4n) is 2.23. The average molecular weight is 331 g/mol. The SMILES string of the molecule is O=C(CCCNC(=O)C1CC1)Nc1n[nH]c(-c2ccccc2F)n1. The van der Waals surface area contributed by atoms with Crippen molar-refractivity contribution >= 4 is 17.8 Å². The van der Waals surface area contributed by atoms with Crippen molar-refractivity contribution in [2.24, 2.45) is 5.92 Å². The molecule has 24 heavy (non-hydrogen) atoms. The van der Waals surface area contributed by atoms with Gasteiger partial charge in [-0.05, 0) is 31.4 Å². The van der Waals surface area contributed by atoms with Crippen molar-refractivity contribution in [2.45, 2.75) is 25.7 Å². The summed E-state index contributed by atoms with van der Waals surface area (Å²) in [7, 11) is 0. The Bertz CT molecular complexity index is 742. The summed E-state index contributed by atoms with van der Waals surface area (Å²) in [5.74, 6) is -0.0872. The van der Waals surface area contributed by atoms with Crippen molar-refractivity contribution in [1.29, 1.82) is 0 Å². The van der Waals surface area contributed by atoms with E-state index in [0.29, 0.717) is 13.0 Å². The maximum absolute atomic E-state index is 13.7. The molecule has 0 unspecified atom stereocenters. The molecule has 0 radical (unpaired) electrons. The van der Waals surface area contributed by atoms with Gasteiger partial charge in [-0.15, -0.1) is 5.10 Å². The Morgan fingerprint density at radius 3 is 2.83 bits per heavy atom. The van der Waals surface area contributed by atoms with Gasteiger partial charge in [0, 0.05) is 18.9 Å². The third-order valence-electron chi connectivity index (χ3n) is 3.69. The van der Waals surface area contributed by atoms with E-state index in [1.165, 1.54) is 6.07 Å². The van der Waals surface area contributed by atoms with Crippen LogP contribution in [0.4, 0.5) is 10.3 Å². The van der Waals surface area contributed by atoms with Gasteiger partial charge in [0.25, 0.3) is 0 Å². The van der Waals surface area contributed by atoms with E-state index in [1.54, 1.807) is 18.2 Å². The molecule has 1 aromatic heterocycles. The van der Waals surface area contributed by atoms with E-state index in [2.05, 4.69) is 25.8 Å². The maximum Gasteiger partial charge on any atom is 0.249 e. The van der Waals surface area contributed by atoms with Crippen molar-refractivity contribution in [3.8, 4) is 11.4 Å². The minimum Gasteiger partial charge on any atom is -0.356 e. The lowest BCUT2D eigenvalue weighted by Gasteiger charge is -2.03. The topological polar surface area (TPSA) is 99.8 Å². The smallest absolute Gasteiger partial charge is 0.249 e. The number of hydrogen-bond acceptors (Lipinski definition) is 4. The molecule has 1 fully saturated rings. The fraction of sp³-hybridized carbons (Fsp3) is 0.375. The normalized spacial score (nSPS) is 13.5. The van der Waals surface area contributed by atoms with E-state index in [-0.39, 0.29) is 41.5 Å². The molecule has 1 aromatic carbocycles. The predicted molar refractivity (Wildman–Crippen MR) is 85.4 cm³/mol. The monoisotopic (exact) mass is 331 g/mol. The van der Waals surface area contributed by atoms with Crippen molar-refractivity contribution in [2.75, 3.05) is 11.9 Å². The van der Waals surface area contributed by atoms with Gasteiger partial charge in [0.05, 0.1) is 5.56 Å². The molecule has 0 aliphatic heterocycles. The van der Waals surface area contributed by atoms with Crippen molar-refractivity contribution in [3.05, 3.63) is 30.1 Å². The highest BCUT2D eigenvalue weighted by Gasteiger charge is 2.28. The molecule has 7 nitrogen and oxygen atoms in total. The van der Waals surface area contributed by atoms with Gasteiger partial charge in [0.1, 0.15) is 5.82 Å². The Morgan fingerprint density at radius 1 is 1.29 bits per heavy atom. The van der Waals surface area contributed by atoms with Gasteiger partial charge in [-0.1, -0.05) is 12.1 Å². The number of amides is 2. The Balaban J connectivity index is 1.45. The Kier molecular flexibility index (Phi) is 4.83. The highest BCUT2D eigenvalue weighted by Crippen LogP contribution is 2.28. The van der Waals surface area contributed by atoms with Gasteiger partial charge in [-0.25, -0.2) is 4.39 Å². The summed E-state index contributed by atoms with van der Waals surface area (Å²) in [6.07, 6.45) is 2.70. The zero-order valence-electron chi connectivity index (χ0n) is 13.0. The summed E-state index contributed by atoms with van der Waals surface area (Å²) in [4.78, 5) is 27.3. The zero-order chi connectivity index (χ0) is 16.9. The third-order valence-corrected chi connectivity index (χ3v) is 3.69. The Labute approximate surface area is 138 Å². The molecule has 0 spiro atoms. The molecule has 3 N–H and O–H groups in total.